The summed E-state index contributed by atoms with van der Waals surface area (Å²) in [6, 6.07) is -0.368. The van der Waals surface area contributed by atoms with Gasteiger partial charge in [-0.25, -0.2) is 4.79 Å². The Balaban J connectivity index is 1.95. The highest BCUT2D eigenvalue weighted by Gasteiger charge is 2.48. The summed E-state index contributed by atoms with van der Waals surface area (Å²) in [6.07, 6.45) is 0.0802. The average Bonchev–Trinajstić information content (AvgIpc) is 3.38. The second-order valence-corrected chi connectivity index (χ2v) is 11.2. The Kier molecular flexibility index (Phi) is 11.5. The Bertz CT molecular complexity index is 873. The van der Waals surface area contributed by atoms with Gasteiger partial charge in [0.15, 0.2) is 0 Å². The number of amides is 2. The molecule has 0 saturated carbocycles. The van der Waals surface area contributed by atoms with Gasteiger partial charge in [0.2, 0.25) is 0 Å². The molecule has 37 heavy (non-hydrogen) atoms. The van der Waals surface area contributed by atoms with Crippen molar-refractivity contribution in [2.24, 2.45) is 11.8 Å². The van der Waals surface area contributed by atoms with Crippen LogP contribution in [0.15, 0.2) is 23.5 Å². The van der Waals surface area contributed by atoms with E-state index >= 15 is 0 Å². The molecule has 0 bridgehead atoms. The molecule has 2 amide bonds. The van der Waals surface area contributed by atoms with Crippen LogP contribution in [0, 0.1) is 11.8 Å². The molecule has 2 aliphatic rings. The monoisotopic (exact) mass is 548 g/mol. The zero-order valence-electron chi connectivity index (χ0n) is 22.0. The highest BCUT2D eigenvalue weighted by molar-refractivity contribution is 8.00. The maximum Gasteiger partial charge on any atom is 0.392 e. The number of carbonyl (C=O) groups is 3. The van der Waals surface area contributed by atoms with Gasteiger partial charge in [0.05, 0.1) is 18.6 Å². The molecule has 0 aromatic heterocycles. The Hall–Kier alpha value is -2.01. The van der Waals surface area contributed by atoms with Gasteiger partial charge in [-0.1, -0.05) is 19.4 Å². The number of carbonyl (C=O) groups excluding carboxylic acids is 3. The fraction of sp³-hybridized carbons (Fsp3) is 0.731. The number of aldehydes is 1. The number of likely N-dealkylation sites (N-methyl/N-ethyl adjacent to an activating group) is 1. The van der Waals surface area contributed by atoms with Crippen molar-refractivity contribution in [2.45, 2.75) is 82.4 Å². The molecular formula is C26H39F3N2O5S. The van der Waals surface area contributed by atoms with E-state index in [2.05, 4.69) is 5.32 Å². The van der Waals surface area contributed by atoms with Crippen LogP contribution in [0.1, 0.15) is 59.3 Å². The molecule has 5 atom stereocenters. The van der Waals surface area contributed by atoms with Crippen molar-refractivity contribution in [1.82, 2.24) is 10.2 Å². The number of hydrogen-bond acceptors (Lipinski definition) is 6. The minimum Gasteiger partial charge on any atom is -0.493 e. The van der Waals surface area contributed by atoms with Crippen molar-refractivity contribution in [3.05, 3.63) is 23.5 Å². The first-order valence-corrected chi connectivity index (χ1v) is 13.8. The number of hydrogen-bond donors (Lipinski definition) is 2. The van der Waals surface area contributed by atoms with E-state index in [1.807, 2.05) is 6.92 Å². The molecule has 1 aliphatic heterocycles. The number of nitrogens with zero attached hydrogens (tertiary/aromatic N) is 1. The van der Waals surface area contributed by atoms with Gasteiger partial charge in [-0.2, -0.15) is 24.9 Å². The highest BCUT2D eigenvalue weighted by atomic mass is 32.2. The maximum absolute atomic E-state index is 13.6. The maximum atomic E-state index is 13.6. The fourth-order valence-corrected chi connectivity index (χ4v) is 6.30. The van der Waals surface area contributed by atoms with Crippen LogP contribution >= 0.6 is 11.8 Å². The largest absolute Gasteiger partial charge is 0.493 e. The third kappa shape index (κ3) is 7.99. The summed E-state index contributed by atoms with van der Waals surface area (Å²) in [5.74, 6) is -2.54. The quantitative estimate of drug-likeness (QED) is 0.257. The van der Waals surface area contributed by atoms with E-state index in [0.29, 0.717) is 30.6 Å². The SMILES string of the molecule is CCCC1=C(OCCCNC(=O)N(C)C(C)(C=O)C2CCCS2)C=CC(C(CC(C)=O)C(F)(F)F)C1O. The predicted octanol–water partition coefficient (Wildman–Crippen LogP) is 4.65. The van der Waals surface area contributed by atoms with E-state index in [1.165, 1.54) is 17.1 Å². The van der Waals surface area contributed by atoms with Gasteiger partial charge in [0, 0.05) is 36.8 Å². The standard InChI is InChI=1S/C26H39F3N2O5S/c1-5-8-19-21(11-10-18(23(19)34)20(15-17(2)33)26(27,28)29)36-13-7-12-30-24(35)31(4)25(3,16-32)22-9-6-14-37-22/h10-11,16,18,20,22-23,34H,5-9,12-15H2,1-4H3,(H,30,35). The third-order valence-electron chi connectivity index (χ3n) is 7.12. The average molecular weight is 549 g/mol. The molecule has 1 aliphatic carbocycles. The van der Waals surface area contributed by atoms with Crippen LogP contribution in [-0.4, -0.2) is 77.1 Å². The number of urea groups is 1. The molecule has 2 N–H and O–H groups in total. The summed E-state index contributed by atoms with van der Waals surface area (Å²) in [7, 11) is 1.60. The Labute approximate surface area is 221 Å². The van der Waals surface area contributed by atoms with Crippen LogP contribution < -0.4 is 5.32 Å². The zero-order chi connectivity index (χ0) is 27.8. The number of alkyl halides is 3. The van der Waals surface area contributed by atoms with Crippen LogP contribution in [0.3, 0.4) is 0 Å². The van der Waals surface area contributed by atoms with E-state index < -0.39 is 41.9 Å². The Morgan fingerprint density at radius 3 is 2.62 bits per heavy atom. The van der Waals surface area contributed by atoms with E-state index in [4.69, 9.17) is 4.74 Å². The molecule has 2 rings (SSSR count). The lowest BCUT2D eigenvalue weighted by atomic mass is 9.77. The van der Waals surface area contributed by atoms with Crippen molar-refractivity contribution in [1.29, 1.82) is 0 Å². The van der Waals surface area contributed by atoms with Crippen molar-refractivity contribution in [2.75, 3.05) is 26.0 Å². The van der Waals surface area contributed by atoms with Crippen molar-refractivity contribution in [3.8, 4) is 0 Å². The van der Waals surface area contributed by atoms with Gasteiger partial charge in [0.25, 0.3) is 0 Å². The van der Waals surface area contributed by atoms with Gasteiger partial charge in [0.1, 0.15) is 23.4 Å². The minimum atomic E-state index is -4.63. The Morgan fingerprint density at radius 1 is 1.38 bits per heavy atom. The first kappa shape index (κ1) is 31.2. The first-order chi connectivity index (χ1) is 17.4. The minimum absolute atomic E-state index is 0.0498. The number of nitrogens with one attached hydrogen (secondary N) is 1. The van der Waals surface area contributed by atoms with Crippen molar-refractivity contribution >= 4 is 29.9 Å². The lowest BCUT2D eigenvalue weighted by Gasteiger charge is -2.38. The van der Waals surface area contributed by atoms with Crippen LogP contribution in [0.5, 0.6) is 0 Å². The molecule has 1 fully saturated rings. The lowest BCUT2D eigenvalue weighted by Crippen LogP contribution is -2.57. The van der Waals surface area contributed by atoms with Crippen molar-refractivity contribution < 1.29 is 37.4 Å². The number of Topliss-reactive ketones (excluding diaryl/α,β-unsaturated/α-hetero) is 1. The Morgan fingerprint density at radius 2 is 2.08 bits per heavy atom. The number of aliphatic hydroxyl groups excluding tert-OH is 1. The van der Waals surface area contributed by atoms with Gasteiger partial charge >= 0.3 is 12.2 Å². The smallest absolute Gasteiger partial charge is 0.392 e. The van der Waals surface area contributed by atoms with E-state index in [9.17, 15) is 32.7 Å². The fourth-order valence-electron chi connectivity index (χ4n) is 4.80. The topological polar surface area (TPSA) is 95.9 Å². The van der Waals surface area contributed by atoms with Gasteiger partial charge in [-0.05, 0) is 51.4 Å². The number of thioether (sulfide) groups is 1. The molecular weight excluding hydrogens is 509 g/mol. The van der Waals surface area contributed by atoms with Crippen LogP contribution in [0.25, 0.3) is 0 Å². The van der Waals surface area contributed by atoms with Gasteiger partial charge in [-0.3, -0.25) is 0 Å². The van der Waals surface area contributed by atoms with Crippen LogP contribution in [0.2, 0.25) is 0 Å². The van der Waals surface area contributed by atoms with Crippen molar-refractivity contribution in [3.63, 3.8) is 0 Å². The molecule has 1 heterocycles. The van der Waals surface area contributed by atoms with E-state index in [-0.39, 0.29) is 24.4 Å². The molecule has 7 nitrogen and oxygen atoms in total. The summed E-state index contributed by atoms with van der Waals surface area (Å²) in [5.41, 5.74) is -0.523. The third-order valence-corrected chi connectivity index (χ3v) is 8.76. The molecule has 0 aromatic carbocycles. The predicted molar refractivity (Wildman–Crippen MR) is 137 cm³/mol. The van der Waals surface area contributed by atoms with E-state index in [1.54, 1.807) is 25.7 Å². The molecule has 11 heteroatoms. The molecule has 210 valence electrons. The number of halogens is 3. The summed E-state index contributed by atoms with van der Waals surface area (Å²) in [4.78, 5) is 37.4. The number of ether oxygens (including phenoxy) is 1. The van der Waals surface area contributed by atoms with Gasteiger partial charge in [-0.15, -0.1) is 0 Å². The second-order valence-electron chi connectivity index (χ2n) is 9.91. The highest BCUT2D eigenvalue weighted by Crippen LogP contribution is 2.42. The summed E-state index contributed by atoms with van der Waals surface area (Å²) in [6.45, 7) is 5.17. The summed E-state index contributed by atoms with van der Waals surface area (Å²) < 4.78 is 46.7. The first-order valence-electron chi connectivity index (χ1n) is 12.7. The molecule has 0 spiro atoms. The van der Waals surface area contributed by atoms with E-state index in [0.717, 1.165) is 31.8 Å². The molecule has 5 unspecified atom stereocenters. The van der Waals surface area contributed by atoms with Gasteiger partial charge < -0.3 is 29.6 Å². The second kappa shape index (κ2) is 13.7. The number of ketones is 1. The molecule has 0 aromatic rings. The summed E-state index contributed by atoms with van der Waals surface area (Å²) in [5, 5.41) is 13.6. The van der Waals surface area contributed by atoms with Crippen LogP contribution in [0.4, 0.5) is 18.0 Å². The summed E-state index contributed by atoms with van der Waals surface area (Å²) >= 11 is 1.69. The number of allylic oxidation sites excluding steroid dienone is 1. The molecule has 1 saturated heterocycles. The zero-order valence-corrected chi connectivity index (χ0v) is 22.8. The van der Waals surface area contributed by atoms with Crippen LogP contribution in [-0.2, 0) is 14.3 Å². The molecule has 0 radical (unpaired) electrons. The lowest BCUT2D eigenvalue weighted by molar-refractivity contribution is -0.194. The normalized spacial score (nSPS) is 24.4. The number of aliphatic hydroxyl groups is 1. The number of rotatable bonds is 13.